The molecule has 2 saturated carbocycles. The zero-order valence-electron chi connectivity index (χ0n) is 19.0. The molecule has 2 aliphatic carbocycles. The molecule has 0 saturated heterocycles. The number of sulfone groups is 1. The lowest BCUT2D eigenvalue weighted by Gasteiger charge is -2.51. The molecule has 0 N–H and O–H groups in total. The molecule has 34 heavy (non-hydrogen) atoms. The molecule has 3 atom stereocenters. The zero-order valence-corrected chi connectivity index (χ0v) is 21.4. The fourth-order valence-electron chi connectivity index (χ4n) is 5.62. The van der Waals surface area contributed by atoms with E-state index in [1.165, 1.54) is 37.1 Å². The van der Waals surface area contributed by atoms with Crippen molar-refractivity contribution in [1.82, 2.24) is 4.31 Å². The van der Waals surface area contributed by atoms with Crippen LogP contribution in [-0.2, 0) is 14.6 Å². The summed E-state index contributed by atoms with van der Waals surface area (Å²) in [6.45, 7) is 3.66. The van der Waals surface area contributed by atoms with Gasteiger partial charge >= 0.3 is 0 Å². The summed E-state index contributed by atoms with van der Waals surface area (Å²) in [5, 5.41) is 1.04. The summed E-state index contributed by atoms with van der Waals surface area (Å²) >= 11 is 7.85. The average Bonchev–Trinajstić information content (AvgIpc) is 3.65. The van der Waals surface area contributed by atoms with Gasteiger partial charge in [0.1, 0.15) is 10.6 Å². The number of benzene rings is 2. The Morgan fingerprint density at radius 1 is 1.12 bits per heavy atom. The van der Waals surface area contributed by atoms with E-state index in [0.717, 1.165) is 25.1 Å². The van der Waals surface area contributed by atoms with Crippen LogP contribution in [-0.4, -0.2) is 37.7 Å². The highest BCUT2D eigenvalue weighted by atomic mass is 35.5. The lowest BCUT2D eigenvalue weighted by Crippen LogP contribution is -2.55. The van der Waals surface area contributed by atoms with Gasteiger partial charge in [-0.25, -0.2) is 17.2 Å². The molecule has 0 spiro atoms. The maximum absolute atomic E-state index is 15.5. The minimum atomic E-state index is -4.11. The monoisotopic (exact) mass is 527 g/mol. The van der Waals surface area contributed by atoms with Crippen LogP contribution in [0.1, 0.15) is 44.6 Å². The van der Waals surface area contributed by atoms with E-state index < -0.39 is 32.1 Å². The van der Waals surface area contributed by atoms with Crippen LogP contribution in [0.15, 0.2) is 41.3 Å². The fraction of sp³-hybridized carbons (Fsp3) is 0.520. The van der Waals surface area contributed by atoms with Gasteiger partial charge in [0, 0.05) is 29.3 Å². The molecule has 2 aromatic rings. The number of ether oxygens (including phenoxy) is 1. The van der Waals surface area contributed by atoms with Crippen LogP contribution in [0.25, 0.3) is 0 Å². The second kappa shape index (κ2) is 9.26. The molecule has 184 valence electrons. The maximum Gasteiger partial charge on any atom is 0.188 e. The van der Waals surface area contributed by atoms with Crippen molar-refractivity contribution in [1.29, 1.82) is 0 Å². The Morgan fingerprint density at radius 2 is 1.82 bits per heavy atom. The van der Waals surface area contributed by atoms with E-state index in [9.17, 15) is 12.8 Å². The summed E-state index contributed by atoms with van der Waals surface area (Å²) in [7, 11) is -4.11. The molecule has 0 aromatic heterocycles. The third-order valence-electron chi connectivity index (χ3n) is 7.40. The first-order chi connectivity index (χ1) is 16.3. The fourth-order valence-corrected chi connectivity index (χ4v) is 9.39. The molecule has 0 bridgehead atoms. The van der Waals surface area contributed by atoms with Crippen LogP contribution in [0.2, 0.25) is 5.02 Å². The van der Waals surface area contributed by atoms with Gasteiger partial charge in [-0.2, -0.15) is 0 Å². The van der Waals surface area contributed by atoms with E-state index in [0.29, 0.717) is 23.2 Å². The van der Waals surface area contributed by atoms with Gasteiger partial charge < -0.3 is 4.74 Å². The first-order valence-electron chi connectivity index (χ1n) is 11.8. The summed E-state index contributed by atoms with van der Waals surface area (Å²) < 4.78 is 65.5. The van der Waals surface area contributed by atoms with Crippen LogP contribution in [0.5, 0.6) is 5.75 Å². The molecule has 2 aromatic carbocycles. The Kier molecular flexibility index (Phi) is 6.63. The van der Waals surface area contributed by atoms with E-state index >= 15 is 4.39 Å². The molecule has 1 heterocycles. The normalized spacial score (nSPS) is 26.6. The highest BCUT2D eigenvalue weighted by Gasteiger charge is 2.61. The third kappa shape index (κ3) is 4.04. The van der Waals surface area contributed by atoms with Gasteiger partial charge in [0.15, 0.2) is 21.4 Å². The lowest BCUT2D eigenvalue weighted by atomic mass is 9.67. The summed E-state index contributed by atoms with van der Waals surface area (Å²) in [4.78, 5) is 0.0683. The van der Waals surface area contributed by atoms with Crippen LogP contribution < -0.4 is 4.74 Å². The van der Waals surface area contributed by atoms with Crippen LogP contribution in [0.3, 0.4) is 0 Å². The van der Waals surface area contributed by atoms with Gasteiger partial charge in [-0.1, -0.05) is 36.9 Å². The maximum atomic E-state index is 15.5. The minimum Gasteiger partial charge on any atom is -0.490 e. The van der Waals surface area contributed by atoms with E-state index in [-0.39, 0.29) is 35.2 Å². The smallest absolute Gasteiger partial charge is 0.188 e. The Bertz CT molecular complexity index is 1170. The Balaban J connectivity index is 1.65. The minimum absolute atomic E-state index is 0.0298. The first-order valence-corrected chi connectivity index (χ1v) is 14.5. The van der Waals surface area contributed by atoms with Gasteiger partial charge in [-0.3, -0.25) is 4.31 Å². The highest BCUT2D eigenvalue weighted by Crippen LogP contribution is 2.58. The van der Waals surface area contributed by atoms with Crippen molar-refractivity contribution in [2.75, 3.05) is 19.7 Å². The molecule has 2 fully saturated rings. The average molecular weight is 528 g/mol. The predicted octanol–water partition coefficient (Wildman–Crippen LogP) is 6.23. The largest absolute Gasteiger partial charge is 0.490 e. The van der Waals surface area contributed by atoms with E-state index in [1.807, 2.05) is 11.9 Å². The molecule has 4 nitrogen and oxygen atoms in total. The molecule has 2 unspecified atom stereocenters. The Labute approximate surface area is 209 Å². The Morgan fingerprint density at radius 3 is 2.50 bits per heavy atom. The molecule has 5 rings (SSSR count). The van der Waals surface area contributed by atoms with Crippen molar-refractivity contribution < 1.29 is 21.9 Å². The number of nitrogens with zero attached hydrogens (tertiary/aromatic N) is 1. The van der Waals surface area contributed by atoms with Crippen molar-refractivity contribution in [3.63, 3.8) is 0 Å². The number of fused-ring (bicyclic) bond motifs is 3. The molecule has 0 radical (unpaired) electrons. The van der Waals surface area contributed by atoms with Gasteiger partial charge in [0.05, 0.1) is 17.1 Å². The van der Waals surface area contributed by atoms with E-state index in [2.05, 4.69) is 11.2 Å². The molecule has 3 aliphatic rings. The SMILES string of the molecule is CCN(C[C@@H]1CCCC2(S(=O)(=O)c3ccc(Cl)cc3)c3c(F)ccc(F)c3OCC12)SC1CC1. The number of rotatable bonds is 7. The van der Waals surface area contributed by atoms with E-state index in [1.54, 1.807) is 0 Å². The van der Waals surface area contributed by atoms with Gasteiger partial charge in [-0.05, 0) is 68.0 Å². The number of hydrogen-bond acceptors (Lipinski definition) is 5. The van der Waals surface area contributed by atoms with E-state index in [4.69, 9.17) is 16.3 Å². The second-order valence-corrected chi connectivity index (χ2v) is 13.5. The summed E-state index contributed by atoms with van der Waals surface area (Å²) in [6, 6.07) is 7.98. The van der Waals surface area contributed by atoms with Gasteiger partial charge in [0.25, 0.3) is 0 Å². The van der Waals surface area contributed by atoms with Crippen molar-refractivity contribution in [3.8, 4) is 5.75 Å². The standard InChI is InChI=1S/C25H28ClF2NO3S2/c1-2-29(33-18-7-8-18)14-16-4-3-13-25(34(30,31)19-9-5-17(26)6-10-19)20(16)15-32-24-22(28)12-11-21(27)23(24)25/h5-6,9-12,16,18,20H,2-4,7-8,13-15H2,1H3/t16-,20?,25?/m0/s1. The number of halogens is 3. The van der Waals surface area contributed by atoms with Crippen molar-refractivity contribution in [2.24, 2.45) is 11.8 Å². The van der Waals surface area contributed by atoms with Crippen molar-refractivity contribution >= 4 is 33.4 Å². The van der Waals surface area contributed by atoms with Crippen LogP contribution in [0, 0.1) is 23.5 Å². The highest BCUT2D eigenvalue weighted by molar-refractivity contribution is 7.97. The lowest BCUT2D eigenvalue weighted by molar-refractivity contribution is 0.0671. The van der Waals surface area contributed by atoms with Gasteiger partial charge in [0.2, 0.25) is 0 Å². The van der Waals surface area contributed by atoms with Gasteiger partial charge in [-0.15, -0.1) is 0 Å². The summed E-state index contributed by atoms with van der Waals surface area (Å²) in [5.74, 6) is -2.27. The van der Waals surface area contributed by atoms with Crippen LogP contribution >= 0.6 is 23.5 Å². The first kappa shape index (κ1) is 24.3. The van der Waals surface area contributed by atoms with Crippen LogP contribution in [0.4, 0.5) is 8.78 Å². The van der Waals surface area contributed by atoms with Crippen molar-refractivity contribution in [2.45, 2.75) is 53.9 Å². The second-order valence-electron chi connectivity index (χ2n) is 9.44. The molecular weight excluding hydrogens is 500 g/mol. The molecule has 0 amide bonds. The zero-order chi connectivity index (χ0) is 24.1. The Hall–Kier alpha value is -1.35. The third-order valence-corrected chi connectivity index (χ3v) is 11.7. The molecule has 1 aliphatic heterocycles. The van der Waals surface area contributed by atoms with Crippen molar-refractivity contribution in [3.05, 3.63) is 58.6 Å². The summed E-state index contributed by atoms with van der Waals surface area (Å²) in [5.41, 5.74) is -0.152. The predicted molar refractivity (Wildman–Crippen MR) is 131 cm³/mol. The quantitative estimate of drug-likeness (QED) is 0.399. The molecular formula is C25H28ClF2NO3S2. The topological polar surface area (TPSA) is 46.6 Å². The number of hydrogen-bond donors (Lipinski definition) is 0. The molecule has 9 heteroatoms. The summed E-state index contributed by atoms with van der Waals surface area (Å²) in [6.07, 6.45) is 4.04.